The summed E-state index contributed by atoms with van der Waals surface area (Å²) in [6.07, 6.45) is -4.61. The van der Waals surface area contributed by atoms with E-state index in [4.69, 9.17) is 11.5 Å². The number of nitrogens with two attached hydrogens (primary N) is 2. The molecule has 0 fully saturated rings. The smallest absolute Gasteiger partial charge is 0.405 e. The average Bonchev–Trinajstić information content (AvgIpc) is 2.14. The van der Waals surface area contributed by atoms with Gasteiger partial charge in [0.15, 0.2) is 6.29 Å². The Kier molecular flexibility index (Phi) is 3.33. The van der Waals surface area contributed by atoms with Crippen molar-refractivity contribution in [2.24, 2.45) is 5.73 Å². The highest BCUT2D eigenvalue weighted by Gasteiger charge is 2.32. The zero-order chi connectivity index (χ0) is 12.3. The van der Waals surface area contributed by atoms with E-state index in [1.54, 1.807) is 0 Å². The van der Waals surface area contributed by atoms with E-state index in [9.17, 15) is 18.0 Å². The molecule has 0 atom stereocenters. The highest BCUT2D eigenvalue weighted by atomic mass is 19.4. The largest absolute Gasteiger partial charge is 0.573 e. The van der Waals surface area contributed by atoms with Gasteiger partial charge in [-0.1, -0.05) is 0 Å². The van der Waals surface area contributed by atoms with Crippen LogP contribution in [0.1, 0.15) is 16.1 Å². The second-order valence-electron chi connectivity index (χ2n) is 2.78. The van der Waals surface area contributed by atoms with Gasteiger partial charge in [0, 0.05) is 12.6 Å². The number of hydrogen-bond donors (Lipinski definition) is 2. The molecule has 4 N–H and O–H groups in total. The van der Waals surface area contributed by atoms with Crippen LogP contribution in [0.3, 0.4) is 0 Å². The lowest BCUT2D eigenvalue weighted by molar-refractivity contribution is -0.274. The van der Waals surface area contributed by atoms with Crippen LogP contribution in [0.4, 0.5) is 19.0 Å². The van der Waals surface area contributed by atoms with E-state index in [0.29, 0.717) is 0 Å². The van der Waals surface area contributed by atoms with E-state index in [1.165, 1.54) is 0 Å². The molecule has 0 aromatic carbocycles. The first kappa shape index (κ1) is 12.2. The van der Waals surface area contributed by atoms with Gasteiger partial charge in [0.25, 0.3) is 0 Å². The summed E-state index contributed by atoms with van der Waals surface area (Å²) in [5.74, 6) is -0.865. The predicted octanol–water partition coefficient (Wildman–Crippen LogP) is 0.834. The van der Waals surface area contributed by atoms with Crippen LogP contribution in [0, 0.1) is 0 Å². The monoisotopic (exact) mass is 235 g/mol. The Bertz CT molecular complexity index is 406. The van der Waals surface area contributed by atoms with Gasteiger partial charge in [0.05, 0.1) is 5.56 Å². The van der Waals surface area contributed by atoms with Crippen LogP contribution in [0.25, 0.3) is 0 Å². The van der Waals surface area contributed by atoms with Gasteiger partial charge in [0.1, 0.15) is 17.3 Å². The lowest BCUT2D eigenvalue weighted by Crippen LogP contribution is -2.20. The molecule has 0 saturated carbocycles. The standard InChI is InChI=1S/C8H8F3N3O2/c9-8(10,11)16-6-1-4(3-15)14-7(13)5(6)2-12/h1,3H,2,12H2,(H2,13,14). The molecule has 0 aliphatic rings. The third-order valence-corrected chi connectivity index (χ3v) is 1.69. The molecule has 5 nitrogen and oxygen atoms in total. The summed E-state index contributed by atoms with van der Waals surface area (Å²) in [5, 5.41) is 0. The Balaban J connectivity index is 3.23. The van der Waals surface area contributed by atoms with Crippen molar-refractivity contribution in [1.29, 1.82) is 0 Å². The summed E-state index contributed by atoms with van der Waals surface area (Å²) in [6, 6.07) is 0.832. The molecule has 0 radical (unpaired) electrons. The van der Waals surface area contributed by atoms with E-state index in [0.717, 1.165) is 6.07 Å². The van der Waals surface area contributed by atoms with Crippen molar-refractivity contribution in [3.05, 3.63) is 17.3 Å². The molecule has 0 bridgehead atoms. The van der Waals surface area contributed by atoms with E-state index in [1.807, 2.05) is 0 Å². The predicted molar refractivity (Wildman–Crippen MR) is 48.6 cm³/mol. The molecular formula is C8H8F3N3O2. The quantitative estimate of drug-likeness (QED) is 0.757. The van der Waals surface area contributed by atoms with E-state index >= 15 is 0 Å². The topological polar surface area (TPSA) is 91.2 Å². The first-order valence-corrected chi connectivity index (χ1v) is 4.07. The number of anilines is 1. The number of pyridine rings is 1. The van der Waals surface area contributed by atoms with Crippen molar-refractivity contribution in [1.82, 2.24) is 4.98 Å². The third kappa shape index (κ3) is 2.83. The van der Waals surface area contributed by atoms with Gasteiger partial charge in [0.2, 0.25) is 0 Å². The Morgan fingerprint density at radius 1 is 1.50 bits per heavy atom. The van der Waals surface area contributed by atoms with Gasteiger partial charge < -0.3 is 16.2 Å². The normalized spacial score (nSPS) is 11.2. The molecule has 1 rings (SSSR count). The number of aromatic nitrogens is 1. The number of nitrogens with zero attached hydrogens (tertiary/aromatic N) is 1. The number of aldehydes is 1. The van der Waals surface area contributed by atoms with Crippen molar-refractivity contribution in [2.75, 3.05) is 5.73 Å². The summed E-state index contributed by atoms with van der Waals surface area (Å²) in [4.78, 5) is 13.9. The summed E-state index contributed by atoms with van der Waals surface area (Å²) >= 11 is 0. The lowest BCUT2D eigenvalue weighted by atomic mass is 10.2. The van der Waals surface area contributed by atoms with Crippen LogP contribution in [-0.2, 0) is 6.54 Å². The van der Waals surface area contributed by atoms with Crippen LogP contribution >= 0.6 is 0 Å². The van der Waals surface area contributed by atoms with Crippen LogP contribution < -0.4 is 16.2 Å². The van der Waals surface area contributed by atoms with Crippen molar-refractivity contribution >= 4 is 12.1 Å². The first-order valence-electron chi connectivity index (χ1n) is 4.07. The van der Waals surface area contributed by atoms with Gasteiger partial charge in [-0.25, -0.2) is 4.98 Å². The third-order valence-electron chi connectivity index (χ3n) is 1.69. The van der Waals surface area contributed by atoms with Crippen molar-refractivity contribution < 1.29 is 22.7 Å². The van der Waals surface area contributed by atoms with Crippen molar-refractivity contribution in [3.63, 3.8) is 0 Å². The zero-order valence-electron chi connectivity index (χ0n) is 7.91. The fraction of sp³-hybridized carbons (Fsp3) is 0.250. The fourth-order valence-corrected chi connectivity index (χ4v) is 1.07. The minimum atomic E-state index is -4.88. The number of halogens is 3. The van der Waals surface area contributed by atoms with E-state index in [2.05, 4.69) is 9.72 Å². The Morgan fingerprint density at radius 3 is 2.56 bits per heavy atom. The second kappa shape index (κ2) is 4.35. The molecule has 0 amide bonds. The van der Waals surface area contributed by atoms with Gasteiger partial charge >= 0.3 is 6.36 Å². The summed E-state index contributed by atoms with van der Waals surface area (Å²) < 4.78 is 39.7. The summed E-state index contributed by atoms with van der Waals surface area (Å²) in [5.41, 5.74) is 10.2. The molecule has 0 unspecified atom stereocenters. The van der Waals surface area contributed by atoms with E-state index < -0.39 is 12.1 Å². The molecule has 0 spiro atoms. The minimum absolute atomic E-state index is 0.0945. The number of rotatable bonds is 3. The highest BCUT2D eigenvalue weighted by Crippen LogP contribution is 2.29. The van der Waals surface area contributed by atoms with Crippen LogP contribution in [0.2, 0.25) is 0 Å². The van der Waals surface area contributed by atoms with E-state index in [-0.39, 0.29) is 29.9 Å². The zero-order valence-corrected chi connectivity index (χ0v) is 7.91. The molecule has 0 saturated heterocycles. The number of hydrogen-bond acceptors (Lipinski definition) is 5. The maximum Gasteiger partial charge on any atom is 0.573 e. The Hall–Kier alpha value is -1.83. The van der Waals surface area contributed by atoms with Crippen LogP contribution in [-0.4, -0.2) is 17.6 Å². The SMILES string of the molecule is NCc1c(OC(F)(F)F)cc(C=O)nc1N. The molecule has 1 aromatic rings. The van der Waals surface area contributed by atoms with Gasteiger partial charge in [-0.3, -0.25) is 4.79 Å². The second-order valence-corrected chi connectivity index (χ2v) is 2.78. The highest BCUT2D eigenvalue weighted by molar-refractivity contribution is 5.74. The molecule has 16 heavy (non-hydrogen) atoms. The van der Waals surface area contributed by atoms with Gasteiger partial charge in [-0.15, -0.1) is 13.2 Å². The van der Waals surface area contributed by atoms with Crippen LogP contribution in [0.15, 0.2) is 6.07 Å². The summed E-state index contributed by atoms with van der Waals surface area (Å²) in [6.45, 7) is -0.274. The molecule has 8 heteroatoms. The Labute approximate surface area is 88.2 Å². The molecule has 1 heterocycles. The number of nitrogen functional groups attached to an aromatic ring is 1. The lowest BCUT2D eigenvalue weighted by Gasteiger charge is -2.13. The molecule has 88 valence electrons. The molecular weight excluding hydrogens is 227 g/mol. The minimum Gasteiger partial charge on any atom is -0.405 e. The van der Waals surface area contributed by atoms with Gasteiger partial charge in [-0.2, -0.15) is 0 Å². The number of alkyl halides is 3. The maximum absolute atomic E-state index is 12.0. The first-order chi connectivity index (χ1) is 7.37. The van der Waals surface area contributed by atoms with Crippen molar-refractivity contribution in [2.45, 2.75) is 12.9 Å². The van der Waals surface area contributed by atoms with Crippen LogP contribution in [0.5, 0.6) is 5.75 Å². The number of ether oxygens (including phenoxy) is 1. The Morgan fingerprint density at radius 2 is 2.12 bits per heavy atom. The number of carbonyl (C=O) groups excluding carboxylic acids is 1. The summed E-state index contributed by atoms with van der Waals surface area (Å²) in [7, 11) is 0. The fourth-order valence-electron chi connectivity index (χ4n) is 1.07. The van der Waals surface area contributed by atoms with Crippen molar-refractivity contribution in [3.8, 4) is 5.75 Å². The van der Waals surface area contributed by atoms with Gasteiger partial charge in [-0.05, 0) is 0 Å². The molecule has 1 aromatic heterocycles. The maximum atomic E-state index is 12.0. The number of carbonyl (C=O) groups is 1. The molecule has 0 aliphatic heterocycles. The molecule has 0 aliphatic carbocycles. The average molecular weight is 235 g/mol.